The van der Waals surface area contributed by atoms with Crippen molar-refractivity contribution < 1.29 is 19.2 Å². The predicted molar refractivity (Wildman–Crippen MR) is 67.3 cm³/mol. The lowest BCUT2D eigenvalue weighted by Crippen LogP contribution is -2.15. The molecule has 0 atom stereocenters. The standard InChI is InChI=1S/C12H11N3O5/c16-12(19-9-8-14-7-1-6-13-14)20-11-4-2-10(3-5-11)15(17)18/h1-7H,8-9H2. The maximum Gasteiger partial charge on any atom is 0.513 e. The van der Waals surface area contributed by atoms with Crippen LogP contribution in [0.5, 0.6) is 5.75 Å². The van der Waals surface area contributed by atoms with E-state index in [0.717, 1.165) is 0 Å². The minimum Gasteiger partial charge on any atom is -0.432 e. The molecule has 1 aromatic carbocycles. The van der Waals surface area contributed by atoms with Crippen LogP contribution in [0.1, 0.15) is 0 Å². The molecule has 1 heterocycles. The SMILES string of the molecule is O=C(OCCn1cccn1)Oc1ccc([N+](=O)[O-])cc1. The topological polar surface area (TPSA) is 96.5 Å². The molecule has 0 unspecified atom stereocenters. The van der Waals surface area contributed by atoms with Crippen molar-refractivity contribution in [2.45, 2.75) is 6.54 Å². The average molecular weight is 277 g/mol. The van der Waals surface area contributed by atoms with Crippen LogP contribution in [0.15, 0.2) is 42.7 Å². The highest BCUT2D eigenvalue weighted by atomic mass is 16.7. The van der Waals surface area contributed by atoms with Crippen LogP contribution < -0.4 is 4.74 Å². The van der Waals surface area contributed by atoms with Crippen molar-refractivity contribution in [2.24, 2.45) is 0 Å². The zero-order valence-electron chi connectivity index (χ0n) is 10.3. The van der Waals surface area contributed by atoms with Crippen LogP contribution in [0.4, 0.5) is 10.5 Å². The van der Waals surface area contributed by atoms with Gasteiger partial charge >= 0.3 is 6.16 Å². The van der Waals surface area contributed by atoms with E-state index < -0.39 is 11.1 Å². The van der Waals surface area contributed by atoms with Crippen molar-refractivity contribution in [3.05, 3.63) is 52.8 Å². The van der Waals surface area contributed by atoms with Gasteiger partial charge in [0.2, 0.25) is 0 Å². The van der Waals surface area contributed by atoms with E-state index in [-0.39, 0.29) is 18.0 Å². The van der Waals surface area contributed by atoms with Gasteiger partial charge < -0.3 is 9.47 Å². The van der Waals surface area contributed by atoms with Crippen molar-refractivity contribution >= 4 is 11.8 Å². The van der Waals surface area contributed by atoms with E-state index in [2.05, 4.69) is 5.10 Å². The molecule has 1 aromatic heterocycles. The maximum atomic E-state index is 11.4. The highest BCUT2D eigenvalue weighted by molar-refractivity contribution is 5.63. The molecule has 0 bridgehead atoms. The van der Waals surface area contributed by atoms with Gasteiger partial charge in [0.15, 0.2) is 0 Å². The fourth-order valence-electron chi connectivity index (χ4n) is 1.42. The van der Waals surface area contributed by atoms with Crippen LogP contribution in [-0.4, -0.2) is 27.5 Å². The molecular formula is C12H11N3O5. The number of ether oxygens (including phenoxy) is 2. The number of rotatable bonds is 5. The summed E-state index contributed by atoms with van der Waals surface area (Å²) in [5, 5.41) is 14.4. The molecule has 0 fully saturated rings. The smallest absolute Gasteiger partial charge is 0.432 e. The Hall–Kier alpha value is -2.90. The molecule has 8 heteroatoms. The van der Waals surface area contributed by atoms with Crippen LogP contribution in [0.2, 0.25) is 0 Å². The lowest BCUT2D eigenvalue weighted by molar-refractivity contribution is -0.384. The molecule has 0 aliphatic rings. The van der Waals surface area contributed by atoms with E-state index in [1.54, 1.807) is 23.1 Å². The minimum atomic E-state index is -0.869. The third-order valence-electron chi connectivity index (χ3n) is 2.35. The van der Waals surface area contributed by atoms with Gasteiger partial charge in [-0.1, -0.05) is 0 Å². The molecular weight excluding hydrogens is 266 g/mol. The van der Waals surface area contributed by atoms with Crippen molar-refractivity contribution in [3.8, 4) is 5.75 Å². The third kappa shape index (κ3) is 3.80. The van der Waals surface area contributed by atoms with E-state index in [9.17, 15) is 14.9 Å². The Labute approximate surface area is 113 Å². The van der Waals surface area contributed by atoms with E-state index >= 15 is 0 Å². The Morgan fingerprint density at radius 1 is 1.35 bits per heavy atom. The number of carbonyl (C=O) groups excluding carboxylic acids is 1. The van der Waals surface area contributed by atoms with Gasteiger partial charge in [-0.2, -0.15) is 5.10 Å². The normalized spacial score (nSPS) is 10.0. The fourth-order valence-corrected chi connectivity index (χ4v) is 1.42. The predicted octanol–water partition coefficient (Wildman–Crippen LogP) is 2.01. The second-order valence-corrected chi connectivity index (χ2v) is 3.72. The van der Waals surface area contributed by atoms with Gasteiger partial charge in [-0.25, -0.2) is 4.79 Å². The highest BCUT2D eigenvalue weighted by Crippen LogP contribution is 2.17. The summed E-state index contributed by atoms with van der Waals surface area (Å²) in [4.78, 5) is 21.3. The summed E-state index contributed by atoms with van der Waals surface area (Å²) in [5.74, 6) is 0.180. The fraction of sp³-hybridized carbons (Fsp3) is 0.167. The zero-order chi connectivity index (χ0) is 14.4. The van der Waals surface area contributed by atoms with E-state index in [4.69, 9.17) is 9.47 Å². The molecule has 104 valence electrons. The number of hydrogen-bond acceptors (Lipinski definition) is 6. The number of benzene rings is 1. The van der Waals surface area contributed by atoms with E-state index in [1.807, 2.05) is 0 Å². The molecule has 2 aromatic rings. The third-order valence-corrected chi connectivity index (χ3v) is 2.35. The molecule has 0 saturated heterocycles. The molecule has 0 radical (unpaired) electrons. The van der Waals surface area contributed by atoms with Gasteiger partial charge in [-0.05, 0) is 18.2 Å². The van der Waals surface area contributed by atoms with Crippen molar-refractivity contribution in [2.75, 3.05) is 6.61 Å². The average Bonchev–Trinajstić information content (AvgIpc) is 2.92. The van der Waals surface area contributed by atoms with E-state index in [1.165, 1.54) is 24.3 Å². The number of nitro benzene ring substituents is 1. The molecule has 2 rings (SSSR count). The first-order valence-corrected chi connectivity index (χ1v) is 5.71. The highest BCUT2D eigenvalue weighted by Gasteiger charge is 2.09. The Morgan fingerprint density at radius 3 is 2.70 bits per heavy atom. The first-order chi connectivity index (χ1) is 9.65. The summed E-state index contributed by atoms with van der Waals surface area (Å²) in [6, 6.07) is 6.90. The molecule has 8 nitrogen and oxygen atoms in total. The van der Waals surface area contributed by atoms with Gasteiger partial charge in [0.05, 0.1) is 11.5 Å². The minimum absolute atomic E-state index is 0.0793. The van der Waals surface area contributed by atoms with Crippen molar-refractivity contribution in [1.29, 1.82) is 0 Å². The molecule has 0 N–H and O–H groups in total. The summed E-state index contributed by atoms with van der Waals surface area (Å²) < 4.78 is 11.3. The molecule has 0 saturated carbocycles. The summed E-state index contributed by atoms with van der Waals surface area (Å²) in [6.07, 6.45) is 2.49. The van der Waals surface area contributed by atoms with Crippen LogP contribution in [0, 0.1) is 10.1 Å². The van der Waals surface area contributed by atoms with Gasteiger partial charge in [0, 0.05) is 24.5 Å². The van der Waals surface area contributed by atoms with Crippen LogP contribution in [0.25, 0.3) is 0 Å². The van der Waals surface area contributed by atoms with E-state index in [0.29, 0.717) is 6.54 Å². The van der Waals surface area contributed by atoms with Gasteiger partial charge in [-0.3, -0.25) is 14.8 Å². The Bertz CT molecular complexity index is 580. The largest absolute Gasteiger partial charge is 0.513 e. The number of non-ortho nitro benzene ring substituents is 1. The summed E-state index contributed by atoms with van der Waals surface area (Å²) in [5.41, 5.74) is -0.0793. The first kappa shape index (κ1) is 13.5. The second-order valence-electron chi connectivity index (χ2n) is 3.72. The van der Waals surface area contributed by atoms with Crippen LogP contribution in [0.3, 0.4) is 0 Å². The van der Waals surface area contributed by atoms with Crippen LogP contribution in [-0.2, 0) is 11.3 Å². The monoisotopic (exact) mass is 277 g/mol. The number of carbonyl (C=O) groups is 1. The quantitative estimate of drug-likeness (QED) is 0.359. The first-order valence-electron chi connectivity index (χ1n) is 5.71. The second kappa shape index (κ2) is 6.32. The maximum absolute atomic E-state index is 11.4. The van der Waals surface area contributed by atoms with Gasteiger partial charge in [0.1, 0.15) is 12.4 Å². The van der Waals surface area contributed by atoms with Gasteiger partial charge in [0.25, 0.3) is 5.69 Å². The van der Waals surface area contributed by atoms with Crippen molar-refractivity contribution in [1.82, 2.24) is 9.78 Å². The van der Waals surface area contributed by atoms with Crippen molar-refractivity contribution in [3.63, 3.8) is 0 Å². The molecule has 0 spiro atoms. The summed E-state index contributed by atoms with van der Waals surface area (Å²) >= 11 is 0. The number of aromatic nitrogens is 2. The van der Waals surface area contributed by atoms with Crippen LogP contribution >= 0.6 is 0 Å². The molecule has 20 heavy (non-hydrogen) atoms. The summed E-state index contributed by atoms with van der Waals surface area (Å²) in [6.45, 7) is 0.538. The van der Waals surface area contributed by atoms with Gasteiger partial charge in [-0.15, -0.1) is 0 Å². The lowest BCUT2D eigenvalue weighted by Gasteiger charge is -2.05. The number of nitrogens with zero attached hydrogens (tertiary/aromatic N) is 3. The summed E-state index contributed by atoms with van der Waals surface area (Å²) in [7, 11) is 0. The zero-order valence-corrected chi connectivity index (χ0v) is 10.3. The Balaban J connectivity index is 1.77. The molecule has 0 aliphatic carbocycles. The number of hydrogen-bond donors (Lipinski definition) is 0. The number of nitro groups is 1. The Kier molecular flexibility index (Phi) is 4.28. The Morgan fingerprint density at radius 2 is 2.10 bits per heavy atom. The lowest BCUT2D eigenvalue weighted by atomic mass is 10.3. The molecule has 0 aliphatic heterocycles. The molecule has 0 amide bonds.